The van der Waals surface area contributed by atoms with E-state index in [9.17, 15) is 9.90 Å². The lowest BCUT2D eigenvalue weighted by atomic mass is 10.1. The van der Waals surface area contributed by atoms with Gasteiger partial charge in [0.1, 0.15) is 17.3 Å². The van der Waals surface area contributed by atoms with E-state index in [4.69, 9.17) is 4.42 Å². The van der Waals surface area contributed by atoms with Crippen LogP contribution in [0.15, 0.2) is 40.8 Å². The molecule has 2 aromatic rings. The van der Waals surface area contributed by atoms with Gasteiger partial charge in [-0.15, -0.1) is 0 Å². The van der Waals surface area contributed by atoms with Gasteiger partial charge in [0.25, 0.3) is 0 Å². The number of carbonyl (C=O) groups excluding carboxylic acids is 1. The number of hydrogen-bond donors (Lipinski definition) is 1. The molecule has 0 saturated heterocycles. The summed E-state index contributed by atoms with van der Waals surface area (Å²) < 4.78 is 5.31. The van der Waals surface area contributed by atoms with E-state index in [1.807, 2.05) is 13.0 Å². The summed E-state index contributed by atoms with van der Waals surface area (Å²) in [5, 5.41) is 9.31. The molecule has 0 fully saturated rings. The molecule has 92 valence electrons. The van der Waals surface area contributed by atoms with Gasteiger partial charge >= 0.3 is 0 Å². The highest BCUT2D eigenvalue weighted by molar-refractivity contribution is 6.07. The van der Waals surface area contributed by atoms with Crippen LogP contribution < -0.4 is 0 Å². The number of hydrogen-bond acceptors (Lipinski definition) is 3. The smallest absolute Gasteiger partial charge is 0.189 e. The van der Waals surface area contributed by atoms with Crippen molar-refractivity contribution in [2.45, 2.75) is 13.8 Å². The average Bonchev–Trinajstić information content (AvgIpc) is 2.66. The number of aryl methyl sites for hydroxylation is 2. The third kappa shape index (κ3) is 2.69. The molecule has 0 bridgehead atoms. The Morgan fingerprint density at radius 2 is 2.06 bits per heavy atom. The molecule has 0 atom stereocenters. The summed E-state index contributed by atoms with van der Waals surface area (Å²) in [4.78, 5) is 11.9. The number of phenols is 1. The molecule has 3 heteroatoms. The maximum atomic E-state index is 11.9. The van der Waals surface area contributed by atoms with Crippen LogP contribution in [0.25, 0.3) is 6.08 Å². The fourth-order valence-electron chi connectivity index (χ4n) is 1.77. The molecule has 3 nitrogen and oxygen atoms in total. The number of furan rings is 1. The summed E-state index contributed by atoms with van der Waals surface area (Å²) in [5.74, 6) is 1.42. The molecular formula is C15H14O3. The molecule has 0 aliphatic heterocycles. The van der Waals surface area contributed by atoms with Gasteiger partial charge in [-0.2, -0.15) is 0 Å². The summed E-state index contributed by atoms with van der Waals surface area (Å²) in [7, 11) is 0. The van der Waals surface area contributed by atoms with Crippen molar-refractivity contribution < 1.29 is 14.3 Å². The second kappa shape index (κ2) is 4.92. The van der Waals surface area contributed by atoms with Crippen molar-refractivity contribution in [3.8, 4) is 5.75 Å². The molecule has 2 rings (SSSR count). The maximum Gasteiger partial charge on any atom is 0.189 e. The first-order valence-corrected chi connectivity index (χ1v) is 5.65. The molecule has 1 N–H and O–H groups in total. The monoisotopic (exact) mass is 242 g/mol. The molecule has 18 heavy (non-hydrogen) atoms. The third-order valence-electron chi connectivity index (χ3n) is 2.60. The van der Waals surface area contributed by atoms with Gasteiger partial charge in [0.05, 0.1) is 5.56 Å². The van der Waals surface area contributed by atoms with Crippen LogP contribution in [0.3, 0.4) is 0 Å². The molecule has 0 aliphatic rings. The molecule has 0 spiro atoms. The second-order valence-corrected chi connectivity index (χ2v) is 4.12. The topological polar surface area (TPSA) is 50.4 Å². The first-order valence-electron chi connectivity index (χ1n) is 5.65. The number of aromatic hydroxyl groups is 1. The highest BCUT2D eigenvalue weighted by Gasteiger charge is 2.10. The van der Waals surface area contributed by atoms with E-state index in [1.54, 1.807) is 37.3 Å². The third-order valence-corrected chi connectivity index (χ3v) is 2.60. The Balaban J connectivity index is 2.19. The van der Waals surface area contributed by atoms with Crippen molar-refractivity contribution in [3.63, 3.8) is 0 Å². The minimum absolute atomic E-state index is 0.104. The normalized spacial score (nSPS) is 11.0. The van der Waals surface area contributed by atoms with E-state index >= 15 is 0 Å². The van der Waals surface area contributed by atoms with Gasteiger partial charge in [-0.25, -0.2) is 0 Å². The average molecular weight is 242 g/mol. The lowest BCUT2D eigenvalue weighted by Crippen LogP contribution is -1.93. The van der Waals surface area contributed by atoms with Crippen LogP contribution in [-0.2, 0) is 0 Å². The summed E-state index contributed by atoms with van der Waals surface area (Å²) in [6.07, 6.45) is 3.15. The Morgan fingerprint density at radius 3 is 2.67 bits per heavy atom. The number of allylic oxidation sites excluding steroid dienone is 1. The minimum Gasteiger partial charge on any atom is -0.508 e. The Kier molecular flexibility index (Phi) is 3.33. The van der Waals surface area contributed by atoms with Crippen LogP contribution >= 0.6 is 0 Å². The van der Waals surface area contributed by atoms with Gasteiger partial charge in [-0.05, 0) is 43.7 Å². The molecular weight excluding hydrogens is 228 g/mol. The zero-order valence-electron chi connectivity index (χ0n) is 10.3. The first-order chi connectivity index (χ1) is 8.56. The molecule has 0 unspecified atom stereocenters. The predicted octanol–water partition coefficient (Wildman–Crippen LogP) is 3.50. The summed E-state index contributed by atoms with van der Waals surface area (Å²) in [5.41, 5.74) is 1.35. The molecule has 0 amide bonds. The van der Waals surface area contributed by atoms with Crippen molar-refractivity contribution >= 4 is 11.9 Å². The lowest BCUT2D eigenvalue weighted by molar-refractivity contribution is 0.104. The van der Waals surface area contributed by atoms with Crippen LogP contribution in [0.2, 0.25) is 0 Å². The maximum absolute atomic E-state index is 11.9. The standard InChI is InChI=1S/C15H14O3/c1-10-8-14(11(2)18-10)15(17)7-6-12-4-3-5-13(16)9-12/h3-9,16H,1-2H3. The quantitative estimate of drug-likeness (QED) is 0.662. The highest BCUT2D eigenvalue weighted by atomic mass is 16.3. The van der Waals surface area contributed by atoms with Crippen molar-refractivity contribution in [1.29, 1.82) is 0 Å². The Hall–Kier alpha value is -2.29. The lowest BCUT2D eigenvalue weighted by Gasteiger charge is -1.95. The molecule has 0 aliphatic carbocycles. The molecule has 1 aromatic carbocycles. The summed E-state index contributed by atoms with van der Waals surface area (Å²) in [6.45, 7) is 3.57. The van der Waals surface area contributed by atoms with Crippen molar-refractivity contribution in [3.05, 3.63) is 59.1 Å². The second-order valence-electron chi connectivity index (χ2n) is 4.12. The molecule has 1 heterocycles. The summed E-state index contributed by atoms with van der Waals surface area (Å²) in [6, 6.07) is 8.45. The minimum atomic E-state index is -0.104. The number of rotatable bonds is 3. The van der Waals surface area contributed by atoms with E-state index in [2.05, 4.69) is 0 Å². The number of benzene rings is 1. The zero-order valence-corrected chi connectivity index (χ0v) is 10.3. The Morgan fingerprint density at radius 1 is 1.28 bits per heavy atom. The van der Waals surface area contributed by atoms with Gasteiger partial charge in [-0.1, -0.05) is 18.2 Å². The van der Waals surface area contributed by atoms with E-state index in [1.165, 1.54) is 6.08 Å². The van der Waals surface area contributed by atoms with Crippen LogP contribution in [0.5, 0.6) is 5.75 Å². The first kappa shape index (κ1) is 12.2. The Labute approximate surface area is 105 Å². The van der Waals surface area contributed by atoms with Gasteiger partial charge < -0.3 is 9.52 Å². The highest BCUT2D eigenvalue weighted by Crippen LogP contribution is 2.16. The van der Waals surface area contributed by atoms with Crippen LogP contribution in [-0.4, -0.2) is 10.9 Å². The van der Waals surface area contributed by atoms with Crippen molar-refractivity contribution in [1.82, 2.24) is 0 Å². The number of ketones is 1. The van der Waals surface area contributed by atoms with E-state index in [0.717, 1.165) is 11.3 Å². The fraction of sp³-hybridized carbons (Fsp3) is 0.133. The Bertz CT molecular complexity index is 606. The van der Waals surface area contributed by atoms with E-state index < -0.39 is 0 Å². The molecule has 0 saturated carbocycles. The molecule has 1 aromatic heterocycles. The predicted molar refractivity (Wildman–Crippen MR) is 69.7 cm³/mol. The molecule has 0 radical (unpaired) electrons. The summed E-state index contributed by atoms with van der Waals surface area (Å²) >= 11 is 0. The number of phenolic OH excluding ortho intramolecular Hbond substituents is 1. The van der Waals surface area contributed by atoms with Gasteiger partial charge in [-0.3, -0.25) is 4.79 Å². The van der Waals surface area contributed by atoms with Gasteiger partial charge in [0, 0.05) is 0 Å². The van der Waals surface area contributed by atoms with E-state index in [0.29, 0.717) is 11.3 Å². The number of carbonyl (C=O) groups is 1. The van der Waals surface area contributed by atoms with Gasteiger partial charge in [0.2, 0.25) is 0 Å². The SMILES string of the molecule is Cc1cc(C(=O)C=Cc2cccc(O)c2)c(C)o1. The van der Waals surface area contributed by atoms with E-state index in [-0.39, 0.29) is 11.5 Å². The van der Waals surface area contributed by atoms with Crippen LogP contribution in [0.4, 0.5) is 0 Å². The largest absolute Gasteiger partial charge is 0.508 e. The van der Waals surface area contributed by atoms with Crippen LogP contribution in [0, 0.1) is 13.8 Å². The fourth-order valence-corrected chi connectivity index (χ4v) is 1.77. The van der Waals surface area contributed by atoms with Gasteiger partial charge in [0.15, 0.2) is 5.78 Å². The van der Waals surface area contributed by atoms with Crippen molar-refractivity contribution in [2.75, 3.05) is 0 Å². The zero-order chi connectivity index (χ0) is 13.1. The van der Waals surface area contributed by atoms with Crippen molar-refractivity contribution in [2.24, 2.45) is 0 Å². The van der Waals surface area contributed by atoms with Crippen LogP contribution in [0.1, 0.15) is 27.4 Å².